The molecule has 90 valence electrons. The molecule has 0 heterocycles. The summed E-state index contributed by atoms with van der Waals surface area (Å²) in [5.41, 5.74) is 0. The molecule has 0 saturated heterocycles. The van der Waals surface area contributed by atoms with Gasteiger partial charge in [0.2, 0.25) is 0 Å². The topological polar surface area (TPSA) is 6.48 Å². The largest absolute Gasteiger partial charge is 0.292 e. The fraction of sp³-hybridized carbons (Fsp3) is 0.833. The van der Waals surface area contributed by atoms with Gasteiger partial charge in [0.25, 0.3) is 0 Å². The summed E-state index contributed by atoms with van der Waals surface area (Å²) in [7, 11) is -0.0798. The van der Waals surface area contributed by atoms with Gasteiger partial charge in [-0.3, -0.25) is 9.80 Å². The molecule has 0 aliphatic rings. The van der Waals surface area contributed by atoms with E-state index in [4.69, 9.17) is 0 Å². The van der Waals surface area contributed by atoms with E-state index in [1.54, 1.807) is 0 Å². The Kier molecular flexibility index (Phi) is 9.05. The van der Waals surface area contributed by atoms with Crippen LogP contribution in [0.2, 0.25) is 6.04 Å². The second-order valence-electron chi connectivity index (χ2n) is 3.79. The van der Waals surface area contributed by atoms with E-state index >= 15 is 0 Å². The molecule has 0 aliphatic carbocycles. The maximum Gasteiger partial charge on any atom is 0.0629 e. The molecule has 2 nitrogen and oxygen atoms in total. The highest BCUT2D eigenvalue weighted by Crippen LogP contribution is 2.06. The maximum absolute atomic E-state index is 3.85. The normalized spacial score (nSPS) is 12.5. The zero-order valence-electron chi connectivity index (χ0n) is 11.0. The Morgan fingerprint density at radius 2 is 1.40 bits per heavy atom. The van der Waals surface area contributed by atoms with E-state index < -0.39 is 0 Å². The molecule has 0 bridgehead atoms. The lowest BCUT2D eigenvalue weighted by molar-refractivity contribution is 0.115. The minimum atomic E-state index is -0.0798. The van der Waals surface area contributed by atoms with Gasteiger partial charge in [0.15, 0.2) is 0 Å². The lowest BCUT2D eigenvalue weighted by Crippen LogP contribution is -2.51. The predicted molar refractivity (Wildman–Crippen MR) is 73.2 cm³/mol. The first-order valence-corrected chi connectivity index (χ1v) is 8.15. The third-order valence-electron chi connectivity index (χ3n) is 3.10. The maximum atomic E-state index is 3.85. The van der Waals surface area contributed by atoms with E-state index in [0.717, 1.165) is 5.79 Å². The summed E-state index contributed by atoms with van der Waals surface area (Å²) in [5.74, 6) is 0.730. The van der Waals surface area contributed by atoms with Gasteiger partial charge < -0.3 is 0 Å². The van der Waals surface area contributed by atoms with Crippen LogP contribution in [0, 0.1) is 0 Å². The van der Waals surface area contributed by atoms with Gasteiger partial charge >= 0.3 is 0 Å². The molecule has 0 N–H and O–H groups in total. The Bertz CT molecular complexity index is 142. The lowest BCUT2D eigenvalue weighted by Gasteiger charge is -2.38. The van der Waals surface area contributed by atoms with Crippen molar-refractivity contribution >= 4 is 9.52 Å². The van der Waals surface area contributed by atoms with Crippen molar-refractivity contribution in [3.8, 4) is 0 Å². The van der Waals surface area contributed by atoms with Crippen LogP contribution in [0.4, 0.5) is 0 Å². The average Bonchev–Trinajstić information content (AvgIpc) is 2.28. The van der Waals surface area contributed by atoms with E-state index in [-0.39, 0.29) is 9.52 Å². The predicted octanol–water partition coefficient (Wildman–Crippen LogP) is 1.73. The van der Waals surface area contributed by atoms with Gasteiger partial charge in [0, 0.05) is 5.79 Å². The highest BCUT2D eigenvalue weighted by atomic mass is 28.2. The van der Waals surface area contributed by atoms with Gasteiger partial charge in [-0.2, -0.15) is 0 Å². The molecule has 3 heteroatoms. The van der Waals surface area contributed by atoms with E-state index in [1.807, 2.05) is 0 Å². The van der Waals surface area contributed by atoms with Crippen molar-refractivity contribution in [2.45, 2.75) is 39.5 Å². The molecule has 15 heavy (non-hydrogen) atoms. The molecule has 0 fully saturated rings. The van der Waals surface area contributed by atoms with E-state index in [0.29, 0.717) is 0 Å². The quantitative estimate of drug-likeness (QED) is 0.337. The monoisotopic (exact) mass is 228 g/mol. The zero-order chi connectivity index (χ0) is 11.7. The first-order chi connectivity index (χ1) is 7.24. The van der Waals surface area contributed by atoms with Crippen molar-refractivity contribution in [3.63, 3.8) is 0 Å². The van der Waals surface area contributed by atoms with E-state index in [2.05, 4.69) is 50.1 Å². The molecule has 0 unspecified atom stereocenters. The van der Waals surface area contributed by atoms with Crippen molar-refractivity contribution < 1.29 is 0 Å². The van der Waals surface area contributed by atoms with Crippen LogP contribution in [0.5, 0.6) is 0 Å². The van der Waals surface area contributed by atoms with Crippen LogP contribution >= 0.6 is 0 Å². The summed E-state index contributed by atoms with van der Waals surface area (Å²) in [6, 6.07) is 1.25. The average molecular weight is 228 g/mol. The first-order valence-electron chi connectivity index (χ1n) is 6.33. The van der Waals surface area contributed by atoms with Crippen molar-refractivity contribution in [1.29, 1.82) is 0 Å². The molecule has 0 amide bonds. The number of nitrogens with zero attached hydrogens (tertiary/aromatic N) is 2. The summed E-state index contributed by atoms with van der Waals surface area (Å²) >= 11 is 0. The molecule has 0 atom stereocenters. The fourth-order valence-corrected chi connectivity index (χ4v) is 4.45. The van der Waals surface area contributed by atoms with Crippen LogP contribution in [-0.2, 0) is 0 Å². The smallest absolute Gasteiger partial charge is 0.0629 e. The molecule has 0 rings (SSSR count). The van der Waals surface area contributed by atoms with Crippen molar-refractivity contribution in [3.05, 3.63) is 12.7 Å². The van der Waals surface area contributed by atoms with Crippen molar-refractivity contribution in [2.75, 3.05) is 26.2 Å². The summed E-state index contributed by atoms with van der Waals surface area (Å²) < 4.78 is 0. The Labute approximate surface area is 98.2 Å². The zero-order valence-corrected chi connectivity index (χ0v) is 12.4. The van der Waals surface area contributed by atoms with Gasteiger partial charge in [-0.1, -0.05) is 33.8 Å². The molecule has 0 spiro atoms. The SMILES string of the molecule is C=CC[SiH2]C(N(CC)CC)N(CC)CC. The van der Waals surface area contributed by atoms with Crippen molar-refractivity contribution in [2.24, 2.45) is 0 Å². The minimum Gasteiger partial charge on any atom is -0.292 e. The lowest BCUT2D eigenvalue weighted by atomic mass is 10.5. The van der Waals surface area contributed by atoms with Crippen LogP contribution < -0.4 is 0 Å². The summed E-state index contributed by atoms with van der Waals surface area (Å²) in [6.07, 6.45) is 2.09. The summed E-state index contributed by atoms with van der Waals surface area (Å²) in [4.78, 5) is 5.20. The molecule has 0 radical (unpaired) electrons. The number of hydrogen-bond donors (Lipinski definition) is 0. The van der Waals surface area contributed by atoms with Crippen LogP contribution in [0.1, 0.15) is 27.7 Å². The first kappa shape index (κ1) is 14.9. The molecule has 0 aromatic rings. The van der Waals surface area contributed by atoms with Crippen LogP contribution in [0.25, 0.3) is 0 Å². The standard InChI is InChI=1S/C12H28N2Si/c1-6-11-15-12(13(7-2)8-3)14(9-4)10-5/h6,12H,1,7-11,15H2,2-5H3. The Morgan fingerprint density at radius 1 is 1.00 bits per heavy atom. The second-order valence-corrected chi connectivity index (χ2v) is 5.67. The molecular formula is C12H28N2Si. The molecular weight excluding hydrogens is 200 g/mol. The van der Waals surface area contributed by atoms with Gasteiger partial charge in [-0.25, -0.2) is 0 Å². The van der Waals surface area contributed by atoms with E-state index in [9.17, 15) is 0 Å². The molecule has 0 aliphatic heterocycles. The van der Waals surface area contributed by atoms with Crippen LogP contribution in [0.3, 0.4) is 0 Å². The van der Waals surface area contributed by atoms with Crippen molar-refractivity contribution in [1.82, 2.24) is 9.80 Å². The number of hydrogen-bond acceptors (Lipinski definition) is 2. The second kappa shape index (κ2) is 9.13. The summed E-state index contributed by atoms with van der Waals surface area (Å²) in [6.45, 7) is 17.6. The highest BCUT2D eigenvalue weighted by molar-refractivity contribution is 6.38. The Morgan fingerprint density at radius 3 is 1.67 bits per heavy atom. The summed E-state index contributed by atoms with van der Waals surface area (Å²) in [5, 5.41) is 0. The Hall–Kier alpha value is -0.123. The third-order valence-corrected chi connectivity index (χ3v) is 5.39. The highest BCUT2D eigenvalue weighted by Gasteiger charge is 2.20. The van der Waals surface area contributed by atoms with E-state index in [1.165, 1.54) is 32.2 Å². The number of rotatable bonds is 9. The molecule has 0 aromatic carbocycles. The fourth-order valence-electron chi connectivity index (χ4n) is 2.15. The molecule has 0 saturated carbocycles. The third kappa shape index (κ3) is 4.95. The Balaban J connectivity index is 4.44. The number of allylic oxidation sites excluding steroid dienone is 1. The van der Waals surface area contributed by atoms with Gasteiger partial charge in [-0.05, 0) is 32.2 Å². The van der Waals surface area contributed by atoms with Crippen LogP contribution in [-0.4, -0.2) is 51.3 Å². The minimum absolute atomic E-state index is 0.0798. The van der Waals surface area contributed by atoms with Gasteiger partial charge in [0.05, 0.1) is 9.52 Å². The van der Waals surface area contributed by atoms with Gasteiger partial charge in [0.1, 0.15) is 0 Å². The molecule has 0 aromatic heterocycles. The van der Waals surface area contributed by atoms with Gasteiger partial charge in [-0.15, -0.1) is 6.58 Å². The van der Waals surface area contributed by atoms with Crippen LogP contribution in [0.15, 0.2) is 12.7 Å².